The van der Waals surface area contributed by atoms with Crippen molar-refractivity contribution in [3.05, 3.63) is 39.9 Å². The second-order valence-corrected chi connectivity index (χ2v) is 5.34. The number of imide groups is 1. The summed E-state index contributed by atoms with van der Waals surface area (Å²) < 4.78 is 0. The highest BCUT2D eigenvalue weighted by Gasteiger charge is 2.38. The van der Waals surface area contributed by atoms with Gasteiger partial charge in [0.2, 0.25) is 0 Å². The standard InChI is InChI=1S/C14H16N6O6/c15-13(18-20(25)26)16-6-2-5-10-11(21)19(14(24)17-10)9-4-1-3-8(7-9)12(22)23/h1,3-4,7,10H,2,5-6H2,(H,17,24)(H,22,23)(H3,15,16,18)/t10-/m0/s1. The first-order valence-corrected chi connectivity index (χ1v) is 7.51. The molecular weight excluding hydrogens is 348 g/mol. The van der Waals surface area contributed by atoms with Gasteiger partial charge in [0.05, 0.1) is 11.3 Å². The Balaban J connectivity index is 1.92. The fraction of sp³-hybridized carbons (Fsp3) is 0.286. The number of rotatable bonds is 7. The van der Waals surface area contributed by atoms with Gasteiger partial charge in [0.1, 0.15) is 6.04 Å². The van der Waals surface area contributed by atoms with Gasteiger partial charge >= 0.3 is 12.0 Å². The zero-order valence-corrected chi connectivity index (χ0v) is 13.4. The summed E-state index contributed by atoms with van der Waals surface area (Å²) in [6.07, 6.45) is 0.611. The van der Waals surface area contributed by atoms with Gasteiger partial charge < -0.3 is 15.7 Å². The van der Waals surface area contributed by atoms with Gasteiger partial charge in [0, 0.05) is 6.54 Å². The minimum absolute atomic E-state index is 0.0486. The SMILES string of the molecule is N=C(NCCC[C@@H]1NC(=O)N(c2cccc(C(=O)O)c2)C1=O)N[N+](=O)[O-]. The highest BCUT2D eigenvalue weighted by molar-refractivity contribution is 6.21. The van der Waals surface area contributed by atoms with Crippen LogP contribution in [0.3, 0.4) is 0 Å². The molecule has 0 aromatic heterocycles. The largest absolute Gasteiger partial charge is 0.478 e. The number of carbonyl (C=O) groups is 3. The molecule has 3 amide bonds. The van der Waals surface area contributed by atoms with E-state index < -0.39 is 34.9 Å². The highest BCUT2D eigenvalue weighted by Crippen LogP contribution is 2.22. The lowest BCUT2D eigenvalue weighted by Gasteiger charge is -2.13. The van der Waals surface area contributed by atoms with Crippen LogP contribution >= 0.6 is 0 Å². The molecule has 26 heavy (non-hydrogen) atoms. The molecule has 1 fully saturated rings. The number of benzene rings is 1. The summed E-state index contributed by atoms with van der Waals surface area (Å²) in [5.74, 6) is -2.17. The third kappa shape index (κ3) is 4.43. The number of nitrogens with one attached hydrogen (secondary N) is 4. The number of carboxylic acids is 1. The van der Waals surface area contributed by atoms with Crippen LogP contribution in [0.25, 0.3) is 0 Å². The van der Waals surface area contributed by atoms with Crippen LogP contribution in [-0.4, -0.2) is 46.6 Å². The van der Waals surface area contributed by atoms with Crippen molar-refractivity contribution < 1.29 is 24.5 Å². The summed E-state index contributed by atoms with van der Waals surface area (Å²) in [4.78, 5) is 46.5. The van der Waals surface area contributed by atoms with Crippen molar-refractivity contribution in [1.82, 2.24) is 16.1 Å². The zero-order chi connectivity index (χ0) is 19.3. The topological polar surface area (TPSA) is 178 Å². The lowest BCUT2D eigenvalue weighted by atomic mass is 10.1. The number of carboxylic acid groups (broad SMARTS) is 1. The summed E-state index contributed by atoms with van der Waals surface area (Å²) in [5, 5.41) is 30.5. The molecule has 0 radical (unpaired) electrons. The van der Waals surface area contributed by atoms with Crippen LogP contribution in [0.15, 0.2) is 24.3 Å². The summed E-state index contributed by atoms with van der Waals surface area (Å²) in [7, 11) is 0. The molecule has 5 N–H and O–H groups in total. The smallest absolute Gasteiger partial charge is 0.335 e. The molecule has 12 heteroatoms. The summed E-state index contributed by atoms with van der Waals surface area (Å²) in [6.45, 7) is 0.188. The maximum Gasteiger partial charge on any atom is 0.335 e. The molecular formula is C14H16N6O6. The summed E-state index contributed by atoms with van der Waals surface area (Å²) >= 11 is 0. The first-order chi connectivity index (χ1) is 12.3. The van der Waals surface area contributed by atoms with Gasteiger partial charge in [-0.1, -0.05) is 11.5 Å². The maximum absolute atomic E-state index is 12.4. The number of urea groups is 1. The predicted molar refractivity (Wildman–Crippen MR) is 88.3 cm³/mol. The fourth-order valence-corrected chi connectivity index (χ4v) is 2.40. The first-order valence-electron chi connectivity index (χ1n) is 7.51. The van der Waals surface area contributed by atoms with Crippen molar-refractivity contribution in [3.8, 4) is 0 Å². The molecule has 1 aliphatic heterocycles. The molecule has 0 saturated carbocycles. The molecule has 1 aromatic rings. The third-order valence-electron chi connectivity index (χ3n) is 3.55. The predicted octanol–water partition coefficient (Wildman–Crippen LogP) is -0.105. The quantitative estimate of drug-likeness (QED) is 0.111. The van der Waals surface area contributed by atoms with E-state index in [0.717, 1.165) is 4.90 Å². The van der Waals surface area contributed by atoms with Crippen molar-refractivity contribution in [2.45, 2.75) is 18.9 Å². The van der Waals surface area contributed by atoms with Crippen LogP contribution in [0.1, 0.15) is 23.2 Å². The lowest BCUT2D eigenvalue weighted by molar-refractivity contribution is -0.525. The van der Waals surface area contributed by atoms with E-state index in [4.69, 9.17) is 10.5 Å². The van der Waals surface area contributed by atoms with E-state index in [2.05, 4.69) is 10.6 Å². The van der Waals surface area contributed by atoms with Crippen molar-refractivity contribution >= 4 is 29.6 Å². The molecule has 2 rings (SSSR count). The number of guanidine groups is 1. The van der Waals surface area contributed by atoms with Gasteiger partial charge in [-0.15, -0.1) is 0 Å². The Morgan fingerprint density at radius 1 is 1.42 bits per heavy atom. The normalized spacial score (nSPS) is 16.2. The number of hydrogen-bond acceptors (Lipinski definition) is 6. The second kappa shape index (κ2) is 7.92. The van der Waals surface area contributed by atoms with E-state index in [1.165, 1.54) is 24.3 Å². The van der Waals surface area contributed by atoms with Crippen molar-refractivity contribution in [3.63, 3.8) is 0 Å². The number of amides is 3. The zero-order valence-electron chi connectivity index (χ0n) is 13.4. The minimum atomic E-state index is -1.17. The van der Waals surface area contributed by atoms with E-state index in [9.17, 15) is 24.5 Å². The van der Waals surface area contributed by atoms with Crippen LogP contribution in [-0.2, 0) is 4.79 Å². The van der Waals surface area contributed by atoms with Crippen LogP contribution in [0.4, 0.5) is 10.5 Å². The van der Waals surface area contributed by atoms with E-state index in [1.807, 2.05) is 0 Å². The second-order valence-electron chi connectivity index (χ2n) is 5.34. The summed E-state index contributed by atoms with van der Waals surface area (Å²) in [5.41, 5.74) is 1.74. The molecule has 0 bridgehead atoms. The van der Waals surface area contributed by atoms with E-state index in [1.54, 1.807) is 5.43 Å². The number of hydrogen-bond donors (Lipinski definition) is 5. The molecule has 1 saturated heterocycles. The number of aromatic carboxylic acids is 1. The number of nitro groups is 1. The maximum atomic E-state index is 12.4. The van der Waals surface area contributed by atoms with Gasteiger partial charge in [-0.2, -0.15) is 0 Å². The van der Waals surface area contributed by atoms with Crippen LogP contribution in [0.5, 0.6) is 0 Å². The average Bonchev–Trinajstić information content (AvgIpc) is 2.85. The van der Waals surface area contributed by atoms with Crippen molar-refractivity contribution in [2.75, 3.05) is 11.4 Å². The Morgan fingerprint density at radius 3 is 2.81 bits per heavy atom. The number of carbonyl (C=O) groups excluding carboxylic acids is 2. The van der Waals surface area contributed by atoms with Crippen molar-refractivity contribution in [2.24, 2.45) is 0 Å². The highest BCUT2D eigenvalue weighted by atomic mass is 16.7. The Kier molecular flexibility index (Phi) is 5.67. The Hall–Kier alpha value is -3.70. The first kappa shape index (κ1) is 18.6. The Morgan fingerprint density at radius 2 is 2.15 bits per heavy atom. The molecule has 0 aliphatic carbocycles. The van der Waals surface area contributed by atoms with Gasteiger partial charge in [-0.25, -0.2) is 24.6 Å². The van der Waals surface area contributed by atoms with Gasteiger partial charge in [0.15, 0.2) is 5.03 Å². The molecule has 1 aliphatic rings. The molecule has 1 aromatic carbocycles. The van der Waals surface area contributed by atoms with Gasteiger partial charge in [-0.05, 0) is 31.0 Å². The molecule has 12 nitrogen and oxygen atoms in total. The van der Waals surface area contributed by atoms with E-state index in [-0.39, 0.29) is 24.2 Å². The fourth-order valence-electron chi connectivity index (χ4n) is 2.40. The van der Waals surface area contributed by atoms with E-state index >= 15 is 0 Å². The molecule has 1 atom stereocenters. The Bertz CT molecular complexity index is 766. The monoisotopic (exact) mass is 364 g/mol. The van der Waals surface area contributed by atoms with Crippen LogP contribution in [0.2, 0.25) is 0 Å². The molecule has 138 valence electrons. The third-order valence-corrected chi connectivity index (χ3v) is 3.55. The molecule has 0 unspecified atom stereocenters. The summed E-state index contributed by atoms with van der Waals surface area (Å²) in [6, 6.07) is 4.02. The van der Waals surface area contributed by atoms with Crippen LogP contribution < -0.4 is 21.0 Å². The van der Waals surface area contributed by atoms with E-state index in [0.29, 0.717) is 6.42 Å². The van der Waals surface area contributed by atoms with Crippen LogP contribution in [0, 0.1) is 15.5 Å². The number of hydrazine groups is 1. The van der Waals surface area contributed by atoms with Gasteiger partial charge in [-0.3, -0.25) is 10.2 Å². The number of anilines is 1. The van der Waals surface area contributed by atoms with Gasteiger partial charge in [0.25, 0.3) is 11.9 Å². The lowest BCUT2D eigenvalue weighted by Crippen LogP contribution is -2.40. The average molecular weight is 364 g/mol. The molecule has 0 spiro atoms. The van der Waals surface area contributed by atoms with Crippen molar-refractivity contribution in [1.29, 1.82) is 5.41 Å². The molecule has 1 heterocycles. The Labute approximate surface area is 146 Å². The minimum Gasteiger partial charge on any atom is -0.478 e. The number of nitrogens with zero attached hydrogens (tertiary/aromatic N) is 2.